The average molecular weight is 558 g/mol. The van der Waals surface area contributed by atoms with Crippen LogP contribution in [0.1, 0.15) is 19.6 Å². The second-order valence-corrected chi connectivity index (χ2v) is 10.6. The maximum Gasteiger partial charge on any atom is 0.459 e. The Bertz CT molecular complexity index is 1620. The van der Waals surface area contributed by atoms with Crippen LogP contribution >= 0.6 is 7.75 Å². The minimum Gasteiger partial charge on any atom is -0.468 e. The molecule has 2 aromatic heterocycles. The Labute approximate surface area is 221 Å². The summed E-state index contributed by atoms with van der Waals surface area (Å²) in [5.74, 6) is -0.498. The van der Waals surface area contributed by atoms with E-state index in [-0.39, 0.29) is 35.9 Å². The van der Waals surface area contributed by atoms with Crippen molar-refractivity contribution in [3.05, 3.63) is 59.1 Å². The summed E-state index contributed by atoms with van der Waals surface area (Å²) in [5, 5.41) is 14.8. The largest absolute Gasteiger partial charge is 0.468 e. The van der Waals surface area contributed by atoms with Gasteiger partial charge in [0.05, 0.1) is 26.1 Å². The minimum atomic E-state index is -4.22. The molecular weight excluding hydrogens is 531 g/mol. The molecule has 0 saturated carbocycles. The zero-order valence-electron chi connectivity index (χ0n) is 21.0. The molecular formula is C24H27N6O8P. The van der Waals surface area contributed by atoms with Gasteiger partial charge >= 0.3 is 13.7 Å². The molecule has 1 fully saturated rings. The summed E-state index contributed by atoms with van der Waals surface area (Å²) >= 11 is 0. The van der Waals surface area contributed by atoms with Crippen molar-refractivity contribution in [3.8, 4) is 5.75 Å². The summed E-state index contributed by atoms with van der Waals surface area (Å²) in [5.41, 5.74) is 5.41. The number of aliphatic hydroxyl groups excluding tert-OH is 1. The molecule has 0 bridgehead atoms. The number of ether oxygens (including phenoxy) is 2. The normalized spacial score (nSPS) is 21.6. The fourth-order valence-electron chi connectivity index (χ4n) is 4.32. The van der Waals surface area contributed by atoms with Crippen LogP contribution in [0.3, 0.4) is 0 Å². The highest BCUT2D eigenvalue weighted by Gasteiger charge is 2.40. The van der Waals surface area contributed by atoms with Gasteiger partial charge in [0.25, 0.3) is 5.56 Å². The summed E-state index contributed by atoms with van der Waals surface area (Å²) < 4.78 is 37.6. The van der Waals surface area contributed by atoms with Gasteiger partial charge in [-0.05, 0) is 18.4 Å². The molecule has 0 amide bonds. The molecule has 0 radical (unpaired) electrons. The lowest BCUT2D eigenvalue weighted by Gasteiger charge is -2.25. The molecule has 2 aromatic carbocycles. The first-order valence-corrected chi connectivity index (χ1v) is 13.5. The molecule has 1 aliphatic rings. The first-order chi connectivity index (χ1) is 18.7. The topological polar surface area (TPSA) is 193 Å². The van der Waals surface area contributed by atoms with E-state index in [4.69, 9.17) is 24.3 Å². The number of aliphatic hydroxyl groups is 1. The first kappa shape index (κ1) is 26.8. The number of rotatable bonds is 9. The second-order valence-electron chi connectivity index (χ2n) is 8.94. The van der Waals surface area contributed by atoms with Crippen molar-refractivity contribution in [2.75, 3.05) is 19.5 Å². The van der Waals surface area contributed by atoms with Crippen LogP contribution < -0.4 is 20.9 Å². The third kappa shape index (κ3) is 5.51. The van der Waals surface area contributed by atoms with Crippen molar-refractivity contribution in [1.29, 1.82) is 0 Å². The first-order valence-electron chi connectivity index (χ1n) is 12.0. The van der Waals surface area contributed by atoms with Crippen molar-refractivity contribution >= 4 is 41.6 Å². The molecule has 1 saturated heterocycles. The maximum atomic E-state index is 13.9. The molecule has 0 spiro atoms. The quantitative estimate of drug-likeness (QED) is 0.172. The van der Waals surface area contributed by atoms with E-state index in [0.717, 1.165) is 5.39 Å². The highest BCUT2D eigenvalue weighted by atomic mass is 31.2. The molecule has 4 aromatic rings. The zero-order chi connectivity index (χ0) is 27.7. The van der Waals surface area contributed by atoms with E-state index in [0.29, 0.717) is 5.39 Å². The Morgan fingerprint density at radius 2 is 2.10 bits per heavy atom. The van der Waals surface area contributed by atoms with Crippen LogP contribution in [-0.4, -0.2) is 62.6 Å². The molecule has 39 heavy (non-hydrogen) atoms. The third-order valence-electron chi connectivity index (χ3n) is 6.25. The van der Waals surface area contributed by atoms with Crippen LogP contribution in [0.4, 0.5) is 5.95 Å². The highest BCUT2D eigenvalue weighted by molar-refractivity contribution is 7.52. The predicted octanol–water partition coefficient (Wildman–Crippen LogP) is 1.86. The molecule has 14 nitrogen and oxygen atoms in total. The summed E-state index contributed by atoms with van der Waals surface area (Å²) in [6.45, 7) is 1.10. The third-order valence-corrected chi connectivity index (χ3v) is 7.88. The number of benzene rings is 2. The minimum absolute atomic E-state index is 0.0657. The lowest BCUT2D eigenvalue weighted by atomic mass is 10.1. The van der Waals surface area contributed by atoms with Gasteiger partial charge < -0.3 is 24.8 Å². The van der Waals surface area contributed by atoms with Gasteiger partial charge in [-0.15, -0.1) is 0 Å². The number of hydrogen-bond donors (Lipinski definition) is 4. The number of H-pyrrole nitrogens is 1. The van der Waals surface area contributed by atoms with Crippen molar-refractivity contribution in [2.45, 2.75) is 37.8 Å². The predicted molar refractivity (Wildman–Crippen MR) is 140 cm³/mol. The number of nitrogen functional groups attached to an aromatic ring is 1. The Morgan fingerprint density at radius 3 is 2.90 bits per heavy atom. The van der Waals surface area contributed by atoms with Gasteiger partial charge in [-0.2, -0.15) is 10.1 Å². The summed E-state index contributed by atoms with van der Waals surface area (Å²) in [6, 6.07) is 11.5. The number of carbonyl (C=O) groups excluding carboxylic acids is 1. The number of imidazole rings is 1. The number of nitrogens with one attached hydrogen (secondary N) is 2. The van der Waals surface area contributed by atoms with Crippen LogP contribution in [0.5, 0.6) is 5.75 Å². The number of esters is 1. The van der Waals surface area contributed by atoms with Crippen LogP contribution in [0.2, 0.25) is 0 Å². The Kier molecular flexibility index (Phi) is 7.38. The van der Waals surface area contributed by atoms with Gasteiger partial charge in [0.15, 0.2) is 11.2 Å². The molecule has 1 aliphatic heterocycles. The van der Waals surface area contributed by atoms with Gasteiger partial charge in [-0.25, -0.2) is 9.55 Å². The van der Waals surface area contributed by atoms with E-state index in [1.165, 1.54) is 24.9 Å². The number of methoxy groups -OCH3 is 1. The Balaban J connectivity index is 1.36. The molecule has 3 heterocycles. The van der Waals surface area contributed by atoms with Crippen LogP contribution in [-0.2, 0) is 23.4 Å². The fourth-order valence-corrected chi connectivity index (χ4v) is 5.84. The van der Waals surface area contributed by atoms with Gasteiger partial charge in [0, 0.05) is 11.8 Å². The fraction of sp³-hybridized carbons (Fsp3) is 0.333. The van der Waals surface area contributed by atoms with Gasteiger partial charge in [-0.1, -0.05) is 36.4 Å². The molecule has 206 valence electrons. The molecule has 2 unspecified atom stereocenters. The number of nitrogens with two attached hydrogens (primary N) is 1. The maximum absolute atomic E-state index is 13.9. The van der Waals surface area contributed by atoms with Crippen molar-refractivity contribution < 1.29 is 33.0 Å². The van der Waals surface area contributed by atoms with Crippen molar-refractivity contribution in [2.24, 2.45) is 0 Å². The van der Waals surface area contributed by atoms with Gasteiger partial charge in [-0.3, -0.25) is 23.7 Å². The monoisotopic (exact) mass is 558 g/mol. The Hall–Kier alpha value is -3.81. The number of aromatic nitrogens is 4. The van der Waals surface area contributed by atoms with Crippen LogP contribution in [0, 0.1) is 0 Å². The highest BCUT2D eigenvalue weighted by Crippen LogP contribution is 2.47. The van der Waals surface area contributed by atoms with Gasteiger partial charge in [0.2, 0.25) is 5.95 Å². The average Bonchev–Trinajstić information content (AvgIpc) is 3.50. The molecule has 15 heteroatoms. The number of anilines is 1. The summed E-state index contributed by atoms with van der Waals surface area (Å²) in [7, 11) is -3.01. The number of carbonyl (C=O) groups is 1. The summed E-state index contributed by atoms with van der Waals surface area (Å²) in [6.07, 6.45) is -1.26. The van der Waals surface area contributed by atoms with Crippen molar-refractivity contribution in [3.63, 3.8) is 0 Å². The van der Waals surface area contributed by atoms with Gasteiger partial charge in [0.1, 0.15) is 24.1 Å². The standard InChI is InChI=1S/C24H27N6O8P/c1-13(23(33)35-2)29-39(34,38-17-9-5-7-14-6-3-4-8-15(14)17)36-11-18-16(31)10-19(37-18)30-12-26-20-21(30)27-24(25)28-22(20)32/h3-9,12-13,16,18-19,31H,10-11H2,1-2H3,(H,29,34)(H3,25,27,28,32)/t13-,16+,18?,19+,39?/m0/s1. The van der Waals surface area contributed by atoms with Crippen LogP contribution in [0.25, 0.3) is 21.9 Å². The van der Waals surface area contributed by atoms with E-state index in [9.17, 15) is 19.3 Å². The number of nitrogens with zero attached hydrogens (tertiary/aromatic N) is 3. The molecule has 0 aliphatic carbocycles. The Morgan fingerprint density at radius 1 is 1.33 bits per heavy atom. The van der Waals surface area contributed by atoms with E-state index >= 15 is 0 Å². The molecule has 5 N–H and O–H groups in total. The lowest BCUT2D eigenvalue weighted by Crippen LogP contribution is -2.36. The van der Waals surface area contributed by atoms with E-state index in [1.807, 2.05) is 24.3 Å². The lowest BCUT2D eigenvalue weighted by molar-refractivity contribution is -0.142. The van der Waals surface area contributed by atoms with E-state index in [2.05, 4.69) is 20.0 Å². The smallest absolute Gasteiger partial charge is 0.459 e. The SMILES string of the molecule is COC(=O)[C@H](C)NP(=O)(OCC1O[C@@H](n2cnc3c(=O)[nH]c(N)nc32)C[C@H]1O)Oc1cccc2ccccc12. The van der Waals surface area contributed by atoms with E-state index in [1.54, 1.807) is 18.2 Å². The zero-order valence-corrected chi connectivity index (χ0v) is 21.9. The number of aromatic amines is 1. The van der Waals surface area contributed by atoms with Crippen molar-refractivity contribution in [1.82, 2.24) is 24.6 Å². The second kappa shape index (κ2) is 10.8. The molecule has 5 atom stereocenters. The number of fused-ring (bicyclic) bond motifs is 2. The number of hydrogen-bond acceptors (Lipinski definition) is 11. The van der Waals surface area contributed by atoms with E-state index < -0.39 is 43.8 Å². The van der Waals surface area contributed by atoms with Crippen LogP contribution in [0.15, 0.2) is 53.6 Å². The molecule has 5 rings (SSSR count). The summed E-state index contributed by atoms with van der Waals surface area (Å²) in [4.78, 5) is 34.7.